The van der Waals surface area contributed by atoms with E-state index in [-0.39, 0.29) is 11.3 Å². The van der Waals surface area contributed by atoms with E-state index in [9.17, 15) is 9.59 Å². The number of carbonyl (C=O) groups is 1. The summed E-state index contributed by atoms with van der Waals surface area (Å²) in [7, 11) is -0.652. The molecule has 0 bridgehead atoms. The summed E-state index contributed by atoms with van der Waals surface area (Å²) < 4.78 is 11.8. The molecule has 1 saturated heterocycles. The molecule has 0 atom stereocenters. The van der Waals surface area contributed by atoms with E-state index in [2.05, 4.69) is 4.98 Å². The zero-order valence-corrected chi connectivity index (χ0v) is 11.9. The van der Waals surface area contributed by atoms with Crippen LogP contribution in [0.1, 0.15) is 45.0 Å². The largest absolute Gasteiger partial charge is 0.497 e. The SMILES string of the molecule is CC(=O)c1cc(=O)[nH]cc1B1OC(C)(C)C(C)(C)O1. The molecule has 5 nitrogen and oxygen atoms in total. The second kappa shape index (κ2) is 4.32. The highest BCUT2D eigenvalue weighted by atomic mass is 16.7. The molecular formula is C13H18BNO4. The van der Waals surface area contributed by atoms with Crippen molar-refractivity contribution in [1.82, 2.24) is 4.98 Å². The average molecular weight is 263 g/mol. The lowest BCUT2D eigenvalue weighted by Gasteiger charge is -2.32. The third kappa shape index (κ3) is 2.38. The van der Waals surface area contributed by atoms with Gasteiger partial charge in [0.1, 0.15) is 0 Å². The molecule has 2 heterocycles. The number of rotatable bonds is 2. The zero-order valence-electron chi connectivity index (χ0n) is 11.9. The Morgan fingerprint density at radius 3 is 2.21 bits per heavy atom. The van der Waals surface area contributed by atoms with Crippen LogP contribution in [0, 0.1) is 0 Å². The fraction of sp³-hybridized carbons (Fsp3) is 0.538. The summed E-state index contributed by atoms with van der Waals surface area (Å²) in [5.41, 5.74) is -0.387. The van der Waals surface area contributed by atoms with Gasteiger partial charge in [-0.05, 0) is 34.6 Å². The van der Waals surface area contributed by atoms with Crippen LogP contribution in [0.15, 0.2) is 17.1 Å². The predicted octanol–water partition coefficient (Wildman–Crippen LogP) is 0.877. The molecule has 1 aromatic heterocycles. The standard InChI is InChI=1S/C13H18BNO4/c1-8(16)9-6-11(17)15-7-10(9)14-18-12(2,3)13(4,5)19-14/h6-7H,1-5H3,(H,15,17). The molecule has 102 valence electrons. The van der Waals surface area contributed by atoms with Gasteiger partial charge in [-0.2, -0.15) is 0 Å². The maximum Gasteiger partial charge on any atom is 0.497 e. The second-order valence-electron chi connectivity index (χ2n) is 5.81. The third-order valence-electron chi connectivity index (χ3n) is 3.84. The van der Waals surface area contributed by atoms with Crippen molar-refractivity contribution in [3.8, 4) is 0 Å². The Hall–Kier alpha value is -1.40. The Labute approximate surface area is 112 Å². The van der Waals surface area contributed by atoms with Crippen molar-refractivity contribution in [2.75, 3.05) is 0 Å². The van der Waals surface area contributed by atoms with Gasteiger partial charge < -0.3 is 14.3 Å². The van der Waals surface area contributed by atoms with Crippen molar-refractivity contribution in [2.45, 2.75) is 45.8 Å². The van der Waals surface area contributed by atoms with Gasteiger partial charge in [-0.3, -0.25) is 9.59 Å². The maximum atomic E-state index is 11.6. The van der Waals surface area contributed by atoms with Gasteiger partial charge >= 0.3 is 7.12 Å². The number of H-pyrrole nitrogens is 1. The van der Waals surface area contributed by atoms with E-state index in [0.29, 0.717) is 11.0 Å². The first kappa shape index (κ1) is 14.0. The second-order valence-corrected chi connectivity index (χ2v) is 5.81. The first-order chi connectivity index (χ1) is 8.64. The van der Waals surface area contributed by atoms with Gasteiger partial charge in [-0.15, -0.1) is 0 Å². The van der Waals surface area contributed by atoms with Gasteiger partial charge in [0.25, 0.3) is 0 Å². The summed E-state index contributed by atoms with van der Waals surface area (Å²) in [6, 6.07) is 1.28. The highest BCUT2D eigenvalue weighted by Crippen LogP contribution is 2.36. The zero-order chi connectivity index (χ0) is 14.4. The van der Waals surface area contributed by atoms with E-state index in [4.69, 9.17) is 9.31 Å². The molecule has 0 saturated carbocycles. The van der Waals surface area contributed by atoms with E-state index in [0.717, 1.165) is 0 Å². The number of aromatic amines is 1. The Morgan fingerprint density at radius 1 is 1.21 bits per heavy atom. The summed E-state index contributed by atoms with van der Waals surface area (Å²) in [6.07, 6.45) is 1.49. The average Bonchev–Trinajstić information content (AvgIpc) is 2.47. The smallest absolute Gasteiger partial charge is 0.399 e. The van der Waals surface area contributed by atoms with Crippen LogP contribution < -0.4 is 11.0 Å². The molecule has 19 heavy (non-hydrogen) atoms. The summed E-state index contributed by atoms with van der Waals surface area (Å²) >= 11 is 0. The van der Waals surface area contributed by atoms with Crippen LogP contribution in [0.2, 0.25) is 0 Å². The fourth-order valence-corrected chi connectivity index (χ4v) is 1.95. The Bertz CT molecular complexity index is 560. The molecule has 0 unspecified atom stereocenters. The fourth-order valence-electron chi connectivity index (χ4n) is 1.95. The molecule has 6 heteroatoms. The molecule has 1 fully saturated rings. The topological polar surface area (TPSA) is 68.4 Å². The monoisotopic (exact) mass is 263 g/mol. The number of pyridine rings is 1. The number of hydrogen-bond acceptors (Lipinski definition) is 4. The van der Waals surface area contributed by atoms with Crippen LogP contribution in [0.4, 0.5) is 0 Å². The first-order valence-corrected chi connectivity index (χ1v) is 6.23. The summed E-state index contributed by atoms with van der Waals surface area (Å²) in [5.74, 6) is -0.184. The molecule has 1 N–H and O–H groups in total. The predicted molar refractivity (Wildman–Crippen MR) is 72.8 cm³/mol. The van der Waals surface area contributed by atoms with Crippen LogP contribution in [-0.4, -0.2) is 29.1 Å². The minimum absolute atomic E-state index is 0.184. The molecule has 0 radical (unpaired) electrons. The Kier molecular flexibility index (Phi) is 3.19. The Balaban J connectivity index is 2.45. The number of ketones is 1. The van der Waals surface area contributed by atoms with Crippen LogP contribution in [0.3, 0.4) is 0 Å². The van der Waals surface area contributed by atoms with Gasteiger partial charge in [0.2, 0.25) is 5.56 Å². The van der Waals surface area contributed by atoms with E-state index >= 15 is 0 Å². The number of Topliss-reactive ketones (excluding diaryl/α,β-unsaturated/α-hetero) is 1. The number of hydrogen-bond donors (Lipinski definition) is 1. The summed E-state index contributed by atoms with van der Waals surface area (Å²) in [5, 5.41) is 0. The number of nitrogens with one attached hydrogen (secondary N) is 1. The van der Waals surface area contributed by atoms with E-state index in [1.54, 1.807) is 0 Å². The van der Waals surface area contributed by atoms with Crippen LogP contribution in [0.25, 0.3) is 0 Å². The summed E-state index contributed by atoms with van der Waals surface area (Å²) in [4.78, 5) is 25.5. The van der Waals surface area contributed by atoms with Crippen LogP contribution in [-0.2, 0) is 9.31 Å². The maximum absolute atomic E-state index is 11.6. The lowest BCUT2D eigenvalue weighted by Crippen LogP contribution is -2.41. The quantitative estimate of drug-likeness (QED) is 0.635. The third-order valence-corrected chi connectivity index (χ3v) is 3.84. The lowest BCUT2D eigenvalue weighted by atomic mass is 9.76. The van der Waals surface area contributed by atoms with Gasteiger partial charge in [0.05, 0.1) is 11.2 Å². The molecule has 0 spiro atoms. The lowest BCUT2D eigenvalue weighted by molar-refractivity contribution is 0.00578. The van der Waals surface area contributed by atoms with Crippen LogP contribution in [0.5, 0.6) is 0 Å². The minimum atomic E-state index is -0.652. The number of carbonyl (C=O) groups excluding carboxylic acids is 1. The summed E-state index contributed by atoms with van der Waals surface area (Å²) in [6.45, 7) is 9.17. The van der Waals surface area contributed by atoms with Gasteiger partial charge in [0.15, 0.2) is 5.78 Å². The molecule has 1 aliphatic rings. The van der Waals surface area contributed by atoms with Crippen molar-refractivity contribution < 1.29 is 14.1 Å². The molecule has 0 amide bonds. The molecule has 2 rings (SSSR count). The molecule has 0 aromatic carbocycles. The highest BCUT2D eigenvalue weighted by Gasteiger charge is 2.52. The van der Waals surface area contributed by atoms with Gasteiger partial charge in [-0.25, -0.2) is 0 Å². The Morgan fingerprint density at radius 2 is 1.74 bits per heavy atom. The van der Waals surface area contributed by atoms with E-state index in [1.807, 2.05) is 27.7 Å². The van der Waals surface area contributed by atoms with Crippen LogP contribution >= 0.6 is 0 Å². The highest BCUT2D eigenvalue weighted by molar-refractivity contribution is 6.63. The van der Waals surface area contributed by atoms with E-state index < -0.39 is 18.3 Å². The molecular weight excluding hydrogens is 245 g/mol. The molecule has 0 aliphatic carbocycles. The van der Waals surface area contributed by atoms with Gasteiger partial charge in [-0.1, -0.05) is 0 Å². The minimum Gasteiger partial charge on any atom is -0.399 e. The molecule has 1 aliphatic heterocycles. The van der Waals surface area contributed by atoms with Crippen molar-refractivity contribution >= 4 is 18.4 Å². The normalized spacial score (nSPS) is 20.6. The van der Waals surface area contributed by atoms with Crippen molar-refractivity contribution in [2.24, 2.45) is 0 Å². The van der Waals surface area contributed by atoms with Crippen molar-refractivity contribution in [1.29, 1.82) is 0 Å². The number of aromatic nitrogens is 1. The first-order valence-electron chi connectivity index (χ1n) is 6.23. The van der Waals surface area contributed by atoms with Gasteiger partial charge in [0, 0.05) is 23.3 Å². The molecule has 1 aromatic rings. The van der Waals surface area contributed by atoms with Crippen molar-refractivity contribution in [3.63, 3.8) is 0 Å². The van der Waals surface area contributed by atoms with E-state index in [1.165, 1.54) is 19.2 Å². The van der Waals surface area contributed by atoms with Crippen molar-refractivity contribution in [3.05, 3.63) is 28.2 Å².